The zero-order chi connectivity index (χ0) is 6.41. The summed E-state index contributed by atoms with van der Waals surface area (Å²) in [5.41, 5.74) is 0. The number of ether oxygens (including phenoxy) is 1. The van der Waals surface area contributed by atoms with Gasteiger partial charge < -0.3 is 4.74 Å². The van der Waals surface area contributed by atoms with Gasteiger partial charge >= 0.3 is 0 Å². The summed E-state index contributed by atoms with van der Waals surface area (Å²) in [5, 5.41) is 0. The Morgan fingerprint density at radius 3 is 2.62 bits per heavy atom. The Morgan fingerprint density at radius 1 is 1.88 bits per heavy atom. The van der Waals surface area contributed by atoms with E-state index in [1.807, 2.05) is 0 Å². The third-order valence-electron chi connectivity index (χ3n) is 0.586. The normalized spacial score (nSPS) is 9.25. The molecule has 0 saturated heterocycles. The molecule has 3 heteroatoms. The molecule has 0 N–H and O–H groups in total. The summed E-state index contributed by atoms with van der Waals surface area (Å²) in [5.74, 6) is 0. The molecule has 45 valence electrons. The molecule has 0 bridgehead atoms. The molecule has 0 spiro atoms. The number of aldehydes is 1. The molecule has 0 amide bonds. The third kappa shape index (κ3) is 2.47. The molecule has 0 fully saturated rings. The van der Waals surface area contributed by atoms with Gasteiger partial charge in [-0.15, -0.1) is 0 Å². The fourth-order valence-corrected chi connectivity index (χ4v) is 0.281. The molecule has 0 aromatic heterocycles. The van der Waals surface area contributed by atoms with Crippen LogP contribution in [0.4, 0.5) is 0 Å². The van der Waals surface area contributed by atoms with Crippen molar-refractivity contribution < 1.29 is 14.3 Å². The number of carbonyl (C=O) groups excluding carboxylic acids is 2. The van der Waals surface area contributed by atoms with Crippen LogP contribution in [0.1, 0.15) is 6.92 Å². The summed E-state index contributed by atoms with van der Waals surface area (Å²) in [6.45, 7) is 2.06. The van der Waals surface area contributed by atoms with Crippen molar-refractivity contribution in [2.45, 2.75) is 13.0 Å². The average molecular weight is 115 g/mol. The topological polar surface area (TPSA) is 43.4 Å². The standard InChI is InChI=1S/C5H7O3/c1-2-8-5(3-6)4-7/h3,5H,2H2,1H3. The van der Waals surface area contributed by atoms with E-state index in [0.717, 1.165) is 0 Å². The molecule has 1 radical (unpaired) electrons. The highest BCUT2D eigenvalue weighted by Gasteiger charge is 2.02. The Morgan fingerprint density at radius 2 is 2.50 bits per heavy atom. The molecule has 0 aliphatic heterocycles. The first-order chi connectivity index (χ1) is 3.85. The number of rotatable bonds is 4. The van der Waals surface area contributed by atoms with Gasteiger partial charge in [-0.05, 0) is 6.92 Å². The average Bonchev–Trinajstić information content (AvgIpc) is 1.83. The highest BCUT2D eigenvalue weighted by atomic mass is 16.5. The van der Waals surface area contributed by atoms with E-state index in [2.05, 4.69) is 4.74 Å². The summed E-state index contributed by atoms with van der Waals surface area (Å²) in [4.78, 5) is 19.4. The van der Waals surface area contributed by atoms with Crippen molar-refractivity contribution in [1.29, 1.82) is 0 Å². The molecule has 0 aromatic rings. The quantitative estimate of drug-likeness (QED) is 0.373. The Kier molecular flexibility index (Phi) is 4.07. The molecule has 8 heavy (non-hydrogen) atoms. The maximum atomic E-state index is 9.74. The molecular formula is C5H7O3. The minimum Gasteiger partial charge on any atom is -0.363 e. The SMILES string of the molecule is CCOC([C]=O)C=O. The Bertz CT molecular complexity index is 71.7. The van der Waals surface area contributed by atoms with Gasteiger partial charge in [-0.2, -0.15) is 0 Å². The first kappa shape index (κ1) is 7.30. The van der Waals surface area contributed by atoms with Crippen LogP contribution >= 0.6 is 0 Å². The molecule has 0 aliphatic carbocycles. The minimum absolute atomic E-state index is 0.360. The van der Waals surface area contributed by atoms with E-state index in [9.17, 15) is 9.59 Å². The van der Waals surface area contributed by atoms with Crippen molar-refractivity contribution in [1.82, 2.24) is 0 Å². The van der Waals surface area contributed by atoms with Gasteiger partial charge in [0.2, 0.25) is 6.29 Å². The van der Waals surface area contributed by atoms with E-state index < -0.39 is 6.10 Å². The van der Waals surface area contributed by atoms with E-state index >= 15 is 0 Å². The first-order valence-corrected chi connectivity index (χ1v) is 2.29. The predicted molar refractivity (Wildman–Crippen MR) is 27.2 cm³/mol. The van der Waals surface area contributed by atoms with Crippen LogP contribution in [0.3, 0.4) is 0 Å². The largest absolute Gasteiger partial charge is 0.363 e. The first-order valence-electron chi connectivity index (χ1n) is 2.29. The van der Waals surface area contributed by atoms with Gasteiger partial charge in [-0.3, -0.25) is 9.59 Å². The van der Waals surface area contributed by atoms with Gasteiger partial charge in [0.1, 0.15) is 0 Å². The molecule has 0 rings (SSSR count). The Hall–Kier alpha value is -0.700. The molecule has 0 aromatic carbocycles. The summed E-state index contributed by atoms with van der Waals surface area (Å²) in [7, 11) is 0. The monoisotopic (exact) mass is 115 g/mol. The van der Waals surface area contributed by atoms with Crippen LogP contribution in [0, 0.1) is 0 Å². The second kappa shape index (κ2) is 4.46. The van der Waals surface area contributed by atoms with Crippen molar-refractivity contribution in [2.24, 2.45) is 0 Å². The molecule has 0 aliphatic rings. The highest BCUT2D eigenvalue weighted by Crippen LogP contribution is 1.79. The zero-order valence-corrected chi connectivity index (χ0v) is 4.59. The summed E-state index contributed by atoms with van der Waals surface area (Å²) >= 11 is 0. The van der Waals surface area contributed by atoms with Crippen molar-refractivity contribution in [2.75, 3.05) is 6.61 Å². The lowest BCUT2D eigenvalue weighted by Gasteiger charge is -1.97. The van der Waals surface area contributed by atoms with E-state index in [1.54, 1.807) is 6.92 Å². The number of hydrogen-bond acceptors (Lipinski definition) is 3. The van der Waals surface area contributed by atoms with Crippen LogP contribution in [0.2, 0.25) is 0 Å². The van der Waals surface area contributed by atoms with E-state index in [1.165, 1.54) is 6.29 Å². The van der Waals surface area contributed by atoms with Crippen molar-refractivity contribution in [3.8, 4) is 0 Å². The van der Waals surface area contributed by atoms with Crippen LogP contribution in [-0.4, -0.2) is 25.3 Å². The van der Waals surface area contributed by atoms with Gasteiger partial charge in [0.15, 0.2) is 12.4 Å². The van der Waals surface area contributed by atoms with E-state index in [4.69, 9.17) is 0 Å². The van der Waals surface area contributed by atoms with Crippen molar-refractivity contribution in [3.05, 3.63) is 0 Å². The summed E-state index contributed by atoms with van der Waals surface area (Å²) in [6.07, 6.45) is 0.839. The van der Waals surface area contributed by atoms with Crippen LogP contribution < -0.4 is 0 Å². The maximum absolute atomic E-state index is 9.74. The molecular weight excluding hydrogens is 108 g/mol. The summed E-state index contributed by atoms with van der Waals surface area (Å²) < 4.78 is 4.55. The van der Waals surface area contributed by atoms with Gasteiger partial charge in [0.05, 0.1) is 0 Å². The van der Waals surface area contributed by atoms with Crippen LogP contribution in [0.5, 0.6) is 0 Å². The zero-order valence-electron chi connectivity index (χ0n) is 4.59. The van der Waals surface area contributed by atoms with E-state index in [0.29, 0.717) is 12.9 Å². The molecule has 3 nitrogen and oxygen atoms in total. The summed E-state index contributed by atoms with van der Waals surface area (Å²) in [6, 6.07) is 0. The molecule has 0 saturated carbocycles. The second-order valence-corrected chi connectivity index (χ2v) is 1.13. The predicted octanol–water partition coefficient (Wildman–Crippen LogP) is -0.300. The van der Waals surface area contributed by atoms with Crippen LogP contribution in [0.15, 0.2) is 0 Å². The lowest BCUT2D eigenvalue weighted by Crippen LogP contribution is -2.15. The minimum atomic E-state index is -0.986. The van der Waals surface area contributed by atoms with Gasteiger partial charge in [-0.1, -0.05) is 0 Å². The van der Waals surface area contributed by atoms with Gasteiger partial charge in [-0.25, -0.2) is 0 Å². The van der Waals surface area contributed by atoms with Gasteiger partial charge in [0, 0.05) is 6.61 Å². The van der Waals surface area contributed by atoms with Crippen LogP contribution in [0.25, 0.3) is 0 Å². The lowest BCUT2D eigenvalue weighted by atomic mass is 10.4. The molecule has 1 unspecified atom stereocenters. The van der Waals surface area contributed by atoms with E-state index in [-0.39, 0.29) is 0 Å². The highest BCUT2D eigenvalue weighted by molar-refractivity contribution is 5.80. The molecule has 0 heterocycles. The van der Waals surface area contributed by atoms with Gasteiger partial charge in [0.25, 0.3) is 0 Å². The smallest absolute Gasteiger partial charge is 0.237 e. The Balaban J connectivity index is 3.35. The fourth-order valence-electron chi connectivity index (χ4n) is 0.281. The van der Waals surface area contributed by atoms with Crippen molar-refractivity contribution >= 4 is 12.6 Å². The van der Waals surface area contributed by atoms with Crippen LogP contribution in [-0.2, 0) is 14.3 Å². The Labute approximate surface area is 47.6 Å². The lowest BCUT2D eigenvalue weighted by molar-refractivity contribution is -0.114. The fraction of sp³-hybridized carbons (Fsp3) is 0.600. The maximum Gasteiger partial charge on any atom is 0.237 e. The molecule has 1 atom stereocenters. The number of carbonyl (C=O) groups is 1. The van der Waals surface area contributed by atoms with Crippen molar-refractivity contribution in [3.63, 3.8) is 0 Å². The third-order valence-corrected chi connectivity index (χ3v) is 0.586. The second-order valence-electron chi connectivity index (χ2n) is 1.13. The number of hydrogen-bond donors (Lipinski definition) is 0.